The zero-order valence-corrected chi connectivity index (χ0v) is 32.9. The third-order valence-electron chi connectivity index (χ3n) is 8.67. The second-order valence-electron chi connectivity index (χ2n) is 14.7. The van der Waals surface area contributed by atoms with E-state index >= 15 is 0 Å². The Morgan fingerprint density at radius 1 is 0.688 bits per heavy atom. The van der Waals surface area contributed by atoms with E-state index in [-0.39, 0.29) is 19.1 Å². The van der Waals surface area contributed by atoms with E-state index in [1.165, 1.54) is 109 Å². The first-order valence-electron chi connectivity index (χ1n) is 19.7. The molecular weight excluding hydrogens is 623 g/mol. The molecule has 3 N–H and O–H groups in total. The average molecular weight is 702 g/mol. The van der Waals surface area contributed by atoms with Crippen molar-refractivity contribution in [2.45, 2.75) is 180 Å². The van der Waals surface area contributed by atoms with Crippen LogP contribution in [-0.2, 0) is 18.4 Å². The van der Waals surface area contributed by atoms with Crippen LogP contribution < -0.4 is 5.32 Å². The number of rotatable bonds is 35. The number of amides is 1. The summed E-state index contributed by atoms with van der Waals surface area (Å²) >= 11 is 0. The highest BCUT2D eigenvalue weighted by Crippen LogP contribution is 2.43. The monoisotopic (exact) mass is 702 g/mol. The van der Waals surface area contributed by atoms with E-state index in [4.69, 9.17) is 9.05 Å². The van der Waals surface area contributed by atoms with Gasteiger partial charge in [0, 0.05) is 6.42 Å². The average Bonchev–Trinajstić information content (AvgIpc) is 3.02. The van der Waals surface area contributed by atoms with Gasteiger partial charge in [0.25, 0.3) is 0 Å². The third kappa shape index (κ3) is 33.5. The molecule has 48 heavy (non-hydrogen) atoms. The van der Waals surface area contributed by atoms with Gasteiger partial charge in [-0.15, -0.1) is 0 Å². The zero-order valence-electron chi connectivity index (χ0n) is 32.0. The Morgan fingerprint density at radius 3 is 1.60 bits per heavy atom. The Balaban J connectivity index is 4.36. The number of likely N-dealkylation sites (N-methyl/N-ethyl adjacent to an activating group) is 1. The number of hydrogen-bond donors (Lipinski definition) is 3. The zero-order chi connectivity index (χ0) is 35.8. The van der Waals surface area contributed by atoms with Crippen molar-refractivity contribution >= 4 is 13.7 Å². The SMILES string of the molecule is CCCCCCCC/C=C/C(O)C(COP(=O)(O)OCC[N+](C)(C)C)NC(=O)CCCCCCCCC/C=C\CCCCCCCCC. The van der Waals surface area contributed by atoms with Crippen molar-refractivity contribution in [3.63, 3.8) is 0 Å². The fourth-order valence-electron chi connectivity index (χ4n) is 5.45. The number of phosphoric ester groups is 1. The second kappa shape index (κ2) is 31.9. The van der Waals surface area contributed by atoms with Crippen LogP contribution in [0, 0.1) is 0 Å². The topological polar surface area (TPSA) is 105 Å². The van der Waals surface area contributed by atoms with E-state index in [0.717, 1.165) is 38.5 Å². The van der Waals surface area contributed by atoms with Crippen molar-refractivity contribution in [3.05, 3.63) is 24.3 Å². The van der Waals surface area contributed by atoms with Crippen LogP contribution in [0.5, 0.6) is 0 Å². The summed E-state index contributed by atoms with van der Waals surface area (Å²) in [6, 6.07) is -0.842. The molecule has 0 aliphatic carbocycles. The van der Waals surface area contributed by atoms with Gasteiger partial charge in [-0.1, -0.05) is 141 Å². The minimum absolute atomic E-state index is 0.0609. The van der Waals surface area contributed by atoms with Crippen LogP contribution in [0.3, 0.4) is 0 Å². The van der Waals surface area contributed by atoms with Crippen molar-refractivity contribution < 1.29 is 32.9 Å². The minimum atomic E-state index is -4.32. The molecule has 8 nitrogen and oxygen atoms in total. The number of aliphatic hydroxyl groups excluding tert-OH is 1. The summed E-state index contributed by atoms with van der Waals surface area (Å²) in [6.07, 6.45) is 35.4. The number of carbonyl (C=O) groups excluding carboxylic acids is 1. The molecule has 0 spiro atoms. The molecule has 0 aliphatic heterocycles. The van der Waals surface area contributed by atoms with Gasteiger partial charge in [0.1, 0.15) is 13.2 Å². The molecule has 9 heteroatoms. The first-order valence-corrected chi connectivity index (χ1v) is 21.2. The van der Waals surface area contributed by atoms with E-state index in [9.17, 15) is 19.4 Å². The molecule has 0 bridgehead atoms. The lowest BCUT2D eigenvalue weighted by atomic mass is 10.1. The van der Waals surface area contributed by atoms with Gasteiger partial charge >= 0.3 is 7.82 Å². The fraction of sp³-hybridized carbons (Fsp3) is 0.872. The normalized spacial score (nSPS) is 14.9. The van der Waals surface area contributed by atoms with Gasteiger partial charge in [-0.2, -0.15) is 0 Å². The Bertz CT molecular complexity index is 845. The maximum absolute atomic E-state index is 12.8. The molecule has 0 aromatic heterocycles. The van der Waals surface area contributed by atoms with Crippen LogP contribution in [0.25, 0.3) is 0 Å². The van der Waals surface area contributed by atoms with Gasteiger partial charge in [-0.25, -0.2) is 4.57 Å². The van der Waals surface area contributed by atoms with E-state index < -0.39 is 20.0 Å². The number of hydrogen-bond acceptors (Lipinski definition) is 5. The van der Waals surface area contributed by atoms with Crippen LogP contribution in [-0.4, -0.2) is 73.4 Å². The van der Waals surface area contributed by atoms with Gasteiger partial charge in [0.15, 0.2) is 0 Å². The lowest BCUT2D eigenvalue weighted by Gasteiger charge is -2.25. The maximum Gasteiger partial charge on any atom is 0.472 e. The lowest BCUT2D eigenvalue weighted by Crippen LogP contribution is -2.45. The van der Waals surface area contributed by atoms with Gasteiger partial charge in [0.2, 0.25) is 5.91 Å². The number of nitrogens with one attached hydrogen (secondary N) is 1. The van der Waals surface area contributed by atoms with Gasteiger partial charge < -0.3 is 19.8 Å². The number of unbranched alkanes of at least 4 members (excludes halogenated alkanes) is 20. The summed E-state index contributed by atoms with van der Waals surface area (Å²) in [5.41, 5.74) is 0. The van der Waals surface area contributed by atoms with Crippen molar-refractivity contribution in [1.29, 1.82) is 0 Å². The highest BCUT2D eigenvalue weighted by atomic mass is 31.2. The predicted octanol–water partition coefficient (Wildman–Crippen LogP) is 10.2. The van der Waals surface area contributed by atoms with Crippen LogP contribution >= 0.6 is 7.82 Å². The number of phosphoric acid groups is 1. The van der Waals surface area contributed by atoms with Crippen LogP contribution in [0.2, 0.25) is 0 Å². The Morgan fingerprint density at radius 2 is 1.12 bits per heavy atom. The van der Waals surface area contributed by atoms with Crippen molar-refractivity contribution in [3.8, 4) is 0 Å². The smallest absolute Gasteiger partial charge is 0.387 e. The van der Waals surface area contributed by atoms with E-state index in [1.807, 2.05) is 27.2 Å². The Kier molecular flexibility index (Phi) is 31.2. The molecule has 0 rings (SSSR count). The van der Waals surface area contributed by atoms with Crippen LogP contribution in [0.15, 0.2) is 24.3 Å². The molecule has 3 unspecified atom stereocenters. The number of aliphatic hydroxyl groups is 1. The van der Waals surface area contributed by atoms with Crippen LogP contribution in [0.4, 0.5) is 0 Å². The molecule has 0 heterocycles. The summed E-state index contributed by atoms with van der Waals surface area (Å²) in [5, 5.41) is 13.7. The summed E-state index contributed by atoms with van der Waals surface area (Å²) in [5.74, 6) is -0.186. The second-order valence-corrected chi connectivity index (χ2v) is 16.1. The highest BCUT2D eigenvalue weighted by molar-refractivity contribution is 7.47. The van der Waals surface area contributed by atoms with Gasteiger partial charge in [-0.3, -0.25) is 13.8 Å². The van der Waals surface area contributed by atoms with Gasteiger partial charge in [-0.05, 0) is 44.9 Å². The predicted molar refractivity (Wildman–Crippen MR) is 203 cm³/mol. The molecule has 1 amide bonds. The molecular formula is C39H78N2O6P+. The Hall–Kier alpha value is -1.02. The first-order chi connectivity index (χ1) is 23.0. The number of quaternary nitrogens is 1. The Labute approximate surface area is 296 Å². The molecule has 0 aliphatic rings. The van der Waals surface area contributed by atoms with E-state index in [2.05, 4.69) is 31.3 Å². The lowest BCUT2D eigenvalue weighted by molar-refractivity contribution is -0.870. The molecule has 284 valence electrons. The molecule has 0 saturated heterocycles. The third-order valence-corrected chi connectivity index (χ3v) is 9.65. The van der Waals surface area contributed by atoms with Crippen molar-refractivity contribution in [2.24, 2.45) is 0 Å². The van der Waals surface area contributed by atoms with E-state index in [0.29, 0.717) is 17.4 Å². The minimum Gasteiger partial charge on any atom is -0.387 e. The van der Waals surface area contributed by atoms with E-state index in [1.54, 1.807) is 6.08 Å². The highest BCUT2D eigenvalue weighted by Gasteiger charge is 2.27. The quantitative estimate of drug-likeness (QED) is 0.0263. The molecule has 0 fully saturated rings. The maximum atomic E-state index is 12.8. The summed E-state index contributed by atoms with van der Waals surface area (Å²) in [7, 11) is 1.57. The summed E-state index contributed by atoms with van der Waals surface area (Å²) < 4.78 is 23.4. The summed E-state index contributed by atoms with van der Waals surface area (Å²) in [4.78, 5) is 22.9. The number of carbonyl (C=O) groups is 1. The molecule has 0 saturated carbocycles. The van der Waals surface area contributed by atoms with Gasteiger partial charge in [0.05, 0.1) is 39.9 Å². The van der Waals surface area contributed by atoms with Crippen LogP contribution in [0.1, 0.15) is 168 Å². The van der Waals surface area contributed by atoms with Crippen molar-refractivity contribution in [1.82, 2.24) is 5.32 Å². The molecule has 3 atom stereocenters. The number of allylic oxidation sites excluding steroid dienone is 3. The largest absolute Gasteiger partial charge is 0.472 e. The number of nitrogens with zero attached hydrogens (tertiary/aromatic N) is 1. The fourth-order valence-corrected chi connectivity index (χ4v) is 6.18. The molecule has 0 radical (unpaired) electrons. The van der Waals surface area contributed by atoms with Crippen molar-refractivity contribution in [2.75, 3.05) is 40.9 Å². The first kappa shape index (κ1) is 47.0. The standard InChI is InChI=1S/C39H77N2O6P/c1-6-8-10-12-14-16-17-18-19-20-21-22-23-24-25-27-29-31-33-39(43)40-37(36-47-48(44,45)46-35-34-41(3,4)5)38(42)32-30-28-26-15-13-11-9-7-2/h19-20,30,32,37-38,42H,6-18,21-29,31,33-36H2,1-5H3,(H-,40,43,44,45)/p+1/b20-19-,32-30+. The molecule has 0 aromatic carbocycles. The summed E-state index contributed by atoms with van der Waals surface area (Å²) in [6.45, 7) is 4.75. The molecule has 0 aromatic rings.